The van der Waals surface area contributed by atoms with Crippen LogP contribution < -0.4 is 5.30 Å². The number of ether oxygens (including phenoxy) is 2. The number of allylic oxidation sites excluding steroid dienone is 5. The average Bonchev–Trinajstić information content (AvgIpc) is 2.85. The Kier molecular flexibility index (Phi) is 6.14. The van der Waals surface area contributed by atoms with Crippen LogP contribution in [0.2, 0.25) is 0 Å². The monoisotopic (exact) mass is 316 g/mol. The van der Waals surface area contributed by atoms with E-state index in [1.807, 2.05) is 26.8 Å². The van der Waals surface area contributed by atoms with Crippen LogP contribution in [0.1, 0.15) is 20.8 Å². The molecule has 1 saturated heterocycles. The third-order valence-electron chi connectivity index (χ3n) is 3.46. The molecule has 0 N–H and O–H groups in total. The molecule has 2 unspecified atom stereocenters. The van der Waals surface area contributed by atoms with Gasteiger partial charge in [-0.05, 0) is 39.3 Å². The largest absolute Gasteiger partial charge is 0.348 e. The van der Waals surface area contributed by atoms with Crippen molar-refractivity contribution in [3.63, 3.8) is 0 Å². The van der Waals surface area contributed by atoms with Gasteiger partial charge >= 0.3 is 0 Å². The van der Waals surface area contributed by atoms with Gasteiger partial charge in [0.1, 0.15) is 0 Å². The normalized spacial score (nSPS) is 22.9. The topological polar surface area (TPSA) is 18.5 Å². The lowest BCUT2D eigenvalue weighted by Gasteiger charge is -2.23. The molecule has 22 heavy (non-hydrogen) atoms. The molecule has 1 aromatic rings. The molecule has 2 atom stereocenters. The van der Waals surface area contributed by atoms with Crippen molar-refractivity contribution < 1.29 is 9.47 Å². The summed E-state index contributed by atoms with van der Waals surface area (Å²) in [4.78, 5) is 0. The Labute approximate surface area is 135 Å². The fourth-order valence-corrected chi connectivity index (χ4v) is 5.00. The van der Waals surface area contributed by atoms with Crippen molar-refractivity contribution in [2.75, 3.05) is 12.8 Å². The molecule has 3 heteroatoms. The summed E-state index contributed by atoms with van der Waals surface area (Å²) in [6.45, 7) is 10.5. The molecular weight excluding hydrogens is 291 g/mol. The standard InChI is InChI=1S/C19H25O2P/c1-5-10-17(11-6-2)22(18-12-8-7-9-13-18)15-16-14-20-19(3,4)21-16/h5-13,16H,1,14-15H2,2-4H3/b11-6-,17-10+. The van der Waals surface area contributed by atoms with Crippen LogP contribution in [0.5, 0.6) is 0 Å². The van der Waals surface area contributed by atoms with Crippen molar-refractivity contribution in [2.45, 2.75) is 32.7 Å². The highest BCUT2D eigenvalue weighted by molar-refractivity contribution is 7.70. The summed E-state index contributed by atoms with van der Waals surface area (Å²) in [6.07, 6.45) is 9.35. The van der Waals surface area contributed by atoms with Crippen LogP contribution in [0, 0.1) is 0 Å². The van der Waals surface area contributed by atoms with Gasteiger partial charge in [-0.1, -0.05) is 61.2 Å². The Bertz CT molecular complexity index is 546. The van der Waals surface area contributed by atoms with Crippen molar-refractivity contribution in [3.05, 3.63) is 66.5 Å². The lowest BCUT2D eigenvalue weighted by Crippen LogP contribution is -2.24. The van der Waals surface area contributed by atoms with E-state index < -0.39 is 13.7 Å². The van der Waals surface area contributed by atoms with Gasteiger partial charge in [-0.25, -0.2) is 0 Å². The smallest absolute Gasteiger partial charge is 0.163 e. The third-order valence-corrected chi connectivity index (χ3v) is 6.07. The number of hydrogen-bond donors (Lipinski definition) is 0. The van der Waals surface area contributed by atoms with Crippen LogP contribution in [0.3, 0.4) is 0 Å². The molecule has 1 aliphatic heterocycles. The van der Waals surface area contributed by atoms with E-state index >= 15 is 0 Å². The maximum Gasteiger partial charge on any atom is 0.163 e. The van der Waals surface area contributed by atoms with Crippen LogP contribution >= 0.6 is 7.92 Å². The Balaban J connectivity index is 2.26. The van der Waals surface area contributed by atoms with Gasteiger partial charge in [-0.15, -0.1) is 0 Å². The van der Waals surface area contributed by atoms with E-state index in [2.05, 4.69) is 55.1 Å². The SMILES string of the molecule is C=C/C=C(\C=C/C)P(CC1COC(C)(C)O1)c1ccccc1. The molecule has 1 heterocycles. The zero-order valence-electron chi connectivity index (χ0n) is 13.7. The molecule has 0 bridgehead atoms. The third kappa shape index (κ3) is 4.64. The number of hydrogen-bond acceptors (Lipinski definition) is 2. The molecule has 0 radical (unpaired) electrons. The minimum Gasteiger partial charge on any atom is -0.348 e. The first-order chi connectivity index (χ1) is 10.6. The second-order valence-electron chi connectivity index (χ2n) is 5.72. The van der Waals surface area contributed by atoms with Crippen LogP contribution in [-0.4, -0.2) is 24.7 Å². The van der Waals surface area contributed by atoms with Gasteiger partial charge < -0.3 is 9.47 Å². The molecule has 0 spiro atoms. The van der Waals surface area contributed by atoms with Crippen molar-refractivity contribution in [1.82, 2.24) is 0 Å². The quantitative estimate of drug-likeness (QED) is 0.564. The molecule has 1 aromatic carbocycles. The first kappa shape index (κ1) is 17.1. The molecule has 0 amide bonds. The maximum absolute atomic E-state index is 6.02. The fourth-order valence-electron chi connectivity index (χ4n) is 2.55. The summed E-state index contributed by atoms with van der Waals surface area (Å²) in [5.74, 6) is -0.467. The second-order valence-corrected chi connectivity index (χ2v) is 7.98. The van der Waals surface area contributed by atoms with Crippen LogP contribution in [-0.2, 0) is 9.47 Å². The van der Waals surface area contributed by atoms with Gasteiger partial charge in [-0.3, -0.25) is 0 Å². The zero-order chi connectivity index (χ0) is 16.0. The van der Waals surface area contributed by atoms with E-state index in [0.29, 0.717) is 6.61 Å². The van der Waals surface area contributed by atoms with E-state index in [-0.39, 0.29) is 6.10 Å². The highest BCUT2D eigenvalue weighted by Gasteiger charge is 2.34. The Morgan fingerprint density at radius 3 is 2.64 bits per heavy atom. The Morgan fingerprint density at radius 1 is 1.36 bits per heavy atom. The van der Waals surface area contributed by atoms with E-state index in [0.717, 1.165) is 6.16 Å². The van der Waals surface area contributed by atoms with Crippen molar-refractivity contribution in [3.8, 4) is 0 Å². The summed E-state index contributed by atoms with van der Waals surface area (Å²) in [7, 11) is -0.485. The van der Waals surface area contributed by atoms with E-state index in [1.165, 1.54) is 10.6 Å². The summed E-state index contributed by atoms with van der Waals surface area (Å²) in [6, 6.07) is 10.7. The summed E-state index contributed by atoms with van der Waals surface area (Å²) in [5.41, 5.74) is 0. The highest BCUT2D eigenvalue weighted by atomic mass is 31.1. The molecule has 0 saturated carbocycles. The lowest BCUT2D eigenvalue weighted by molar-refractivity contribution is -0.135. The van der Waals surface area contributed by atoms with Gasteiger partial charge in [0.15, 0.2) is 5.79 Å². The number of rotatable bonds is 6. The second kappa shape index (κ2) is 7.87. The fraction of sp³-hybridized carbons (Fsp3) is 0.368. The molecule has 2 nitrogen and oxygen atoms in total. The van der Waals surface area contributed by atoms with Crippen molar-refractivity contribution >= 4 is 13.2 Å². The predicted molar refractivity (Wildman–Crippen MR) is 95.9 cm³/mol. The first-order valence-electron chi connectivity index (χ1n) is 7.65. The van der Waals surface area contributed by atoms with Crippen LogP contribution in [0.15, 0.2) is 66.5 Å². The number of benzene rings is 1. The van der Waals surface area contributed by atoms with Crippen LogP contribution in [0.25, 0.3) is 0 Å². The molecule has 1 aliphatic rings. The molecule has 0 aliphatic carbocycles. The van der Waals surface area contributed by atoms with Crippen molar-refractivity contribution in [1.29, 1.82) is 0 Å². The first-order valence-corrected chi connectivity index (χ1v) is 9.18. The van der Waals surface area contributed by atoms with E-state index in [9.17, 15) is 0 Å². The van der Waals surface area contributed by atoms with Gasteiger partial charge in [0.05, 0.1) is 12.7 Å². The van der Waals surface area contributed by atoms with Gasteiger partial charge in [-0.2, -0.15) is 0 Å². The zero-order valence-corrected chi connectivity index (χ0v) is 14.6. The molecule has 118 valence electrons. The molecular formula is C19H25O2P. The lowest BCUT2D eigenvalue weighted by atomic mass is 10.4. The summed E-state index contributed by atoms with van der Waals surface area (Å²) < 4.78 is 11.7. The predicted octanol–water partition coefficient (Wildman–Crippen LogP) is 4.59. The van der Waals surface area contributed by atoms with E-state index in [4.69, 9.17) is 9.47 Å². The molecule has 1 fully saturated rings. The van der Waals surface area contributed by atoms with Gasteiger partial charge in [0, 0.05) is 6.16 Å². The van der Waals surface area contributed by atoms with Crippen LogP contribution in [0.4, 0.5) is 0 Å². The van der Waals surface area contributed by atoms with Crippen molar-refractivity contribution in [2.24, 2.45) is 0 Å². The Hall–Kier alpha value is -1.21. The maximum atomic E-state index is 6.02. The highest BCUT2D eigenvalue weighted by Crippen LogP contribution is 2.46. The van der Waals surface area contributed by atoms with Gasteiger partial charge in [0.25, 0.3) is 0 Å². The molecule has 0 aromatic heterocycles. The van der Waals surface area contributed by atoms with E-state index in [1.54, 1.807) is 0 Å². The average molecular weight is 316 g/mol. The Morgan fingerprint density at radius 2 is 2.09 bits per heavy atom. The molecule has 2 rings (SSSR count). The van der Waals surface area contributed by atoms with Gasteiger partial charge in [0.2, 0.25) is 0 Å². The minimum absolute atomic E-state index is 0.139. The summed E-state index contributed by atoms with van der Waals surface area (Å²) in [5, 5.41) is 2.67. The minimum atomic E-state index is -0.485. The summed E-state index contributed by atoms with van der Waals surface area (Å²) >= 11 is 0.